The second-order valence-electron chi connectivity index (χ2n) is 9.02. The van der Waals surface area contributed by atoms with Crippen LogP contribution in [0.2, 0.25) is 0 Å². The number of piperidine rings is 1. The van der Waals surface area contributed by atoms with Crippen LogP contribution in [0.3, 0.4) is 0 Å². The molecule has 0 aliphatic carbocycles. The van der Waals surface area contributed by atoms with Gasteiger partial charge in [0.2, 0.25) is 12.5 Å². The fourth-order valence-electron chi connectivity index (χ4n) is 5.37. The maximum absolute atomic E-state index is 12.3. The van der Waals surface area contributed by atoms with Gasteiger partial charge in [0, 0.05) is 43.5 Å². The van der Waals surface area contributed by atoms with Crippen LogP contribution in [0.25, 0.3) is 0 Å². The molecule has 1 amide bonds. The molecule has 0 unspecified atom stereocenters. The maximum atomic E-state index is 12.3. The van der Waals surface area contributed by atoms with Crippen LogP contribution in [0.15, 0.2) is 41.5 Å². The highest BCUT2D eigenvalue weighted by Crippen LogP contribution is 2.53. The van der Waals surface area contributed by atoms with E-state index in [9.17, 15) is 4.79 Å². The number of carbonyl (C=O) groups is 1. The number of hydrazone groups is 1. The van der Waals surface area contributed by atoms with Gasteiger partial charge < -0.3 is 28.6 Å². The fraction of sp³-hybridized carbons (Fsp3) is 0.462. The van der Waals surface area contributed by atoms with E-state index in [1.54, 1.807) is 4.90 Å². The van der Waals surface area contributed by atoms with Crippen molar-refractivity contribution in [3.05, 3.63) is 47.5 Å². The fourth-order valence-corrected chi connectivity index (χ4v) is 5.37. The second-order valence-corrected chi connectivity index (χ2v) is 9.02. The number of para-hydroxylation sites is 1. The van der Waals surface area contributed by atoms with Crippen LogP contribution in [0.4, 0.5) is 4.79 Å². The highest BCUT2D eigenvalue weighted by Gasteiger charge is 2.53. The second kappa shape index (κ2) is 8.55. The number of benzene rings is 2. The molecule has 9 nitrogen and oxygen atoms in total. The van der Waals surface area contributed by atoms with Crippen LogP contribution in [-0.4, -0.2) is 60.5 Å². The summed E-state index contributed by atoms with van der Waals surface area (Å²) in [5.41, 5.74) is 2.37. The molecule has 1 spiro atoms. The van der Waals surface area contributed by atoms with Gasteiger partial charge in [0.05, 0.1) is 25.0 Å². The first-order valence-electron chi connectivity index (χ1n) is 12.2. The number of rotatable bonds is 4. The average Bonchev–Trinajstić information content (AvgIpc) is 3.53. The third-order valence-electron chi connectivity index (χ3n) is 7.06. The van der Waals surface area contributed by atoms with Gasteiger partial charge in [0.15, 0.2) is 23.0 Å². The first-order chi connectivity index (χ1) is 17.1. The zero-order chi connectivity index (χ0) is 24.0. The molecular formula is C26H29N3O6. The molecule has 0 saturated carbocycles. The molecule has 4 aliphatic rings. The lowest BCUT2D eigenvalue weighted by Gasteiger charge is -2.51. The summed E-state index contributed by atoms with van der Waals surface area (Å²) in [7, 11) is 0. The molecule has 0 radical (unpaired) electrons. The van der Waals surface area contributed by atoms with E-state index in [0.717, 1.165) is 46.3 Å². The van der Waals surface area contributed by atoms with Gasteiger partial charge in [0.25, 0.3) is 0 Å². The van der Waals surface area contributed by atoms with Crippen molar-refractivity contribution in [3.63, 3.8) is 0 Å². The van der Waals surface area contributed by atoms with Crippen LogP contribution in [0.5, 0.6) is 23.0 Å². The Morgan fingerprint density at radius 2 is 1.94 bits per heavy atom. The Labute approximate surface area is 204 Å². The normalized spacial score (nSPS) is 21.2. The van der Waals surface area contributed by atoms with E-state index in [-0.39, 0.29) is 18.9 Å². The SMILES string of the molecule is CCOC(=O)N1CCC2(CC1)Oc1c(OCC)cccc1[C@@H]1CC(c3ccc4c(c3)OCO4)=NN12. The Kier molecular flexibility index (Phi) is 5.35. The molecule has 6 rings (SSSR count). The summed E-state index contributed by atoms with van der Waals surface area (Å²) in [6.45, 7) is 6.00. The first-order valence-corrected chi connectivity index (χ1v) is 12.2. The van der Waals surface area contributed by atoms with Gasteiger partial charge in [-0.05, 0) is 38.1 Å². The van der Waals surface area contributed by atoms with E-state index in [1.807, 2.05) is 44.2 Å². The van der Waals surface area contributed by atoms with Crippen molar-refractivity contribution in [1.82, 2.24) is 9.91 Å². The van der Waals surface area contributed by atoms with Gasteiger partial charge in [-0.1, -0.05) is 12.1 Å². The van der Waals surface area contributed by atoms with E-state index in [0.29, 0.717) is 39.1 Å². The number of hydrogen-bond donors (Lipinski definition) is 0. The lowest BCUT2D eigenvalue weighted by molar-refractivity contribution is -0.148. The van der Waals surface area contributed by atoms with Crippen molar-refractivity contribution < 1.29 is 28.5 Å². The Hall–Kier alpha value is -3.62. The molecule has 35 heavy (non-hydrogen) atoms. The number of carbonyl (C=O) groups excluding carboxylic acids is 1. The lowest BCUT2D eigenvalue weighted by atomic mass is 9.90. The third-order valence-corrected chi connectivity index (χ3v) is 7.06. The number of hydrogen-bond acceptors (Lipinski definition) is 8. The number of ether oxygens (including phenoxy) is 5. The van der Waals surface area contributed by atoms with Crippen LogP contribution in [-0.2, 0) is 4.74 Å². The minimum absolute atomic E-state index is 0.00808. The standard InChI is InChI=1S/C26H29N3O6/c1-3-31-22-7-5-6-18-20-15-19(17-8-9-21-23(14-17)34-16-33-21)27-29(20)26(35-24(18)22)10-12-28(13-11-26)25(30)32-4-2/h5-9,14,20H,3-4,10-13,15-16H2,1-2H3/t20-/m0/s1. The number of fused-ring (bicyclic) bond motifs is 5. The molecule has 1 fully saturated rings. The zero-order valence-electron chi connectivity index (χ0n) is 20.0. The Morgan fingerprint density at radius 3 is 2.74 bits per heavy atom. The van der Waals surface area contributed by atoms with Crippen molar-refractivity contribution in [2.45, 2.75) is 44.9 Å². The molecule has 0 bridgehead atoms. The van der Waals surface area contributed by atoms with Crippen molar-refractivity contribution in [1.29, 1.82) is 0 Å². The minimum atomic E-state index is -0.675. The topological polar surface area (TPSA) is 82.1 Å². The highest BCUT2D eigenvalue weighted by atomic mass is 16.7. The summed E-state index contributed by atoms with van der Waals surface area (Å²) in [4.78, 5) is 14.1. The van der Waals surface area contributed by atoms with E-state index >= 15 is 0 Å². The third kappa shape index (κ3) is 3.61. The predicted molar refractivity (Wildman–Crippen MR) is 127 cm³/mol. The van der Waals surface area contributed by atoms with Crippen molar-refractivity contribution in [2.24, 2.45) is 5.10 Å². The lowest BCUT2D eigenvalue weighted by Crippen LogP contribution is -2.59. The maximum Gasteiger partial charge on any atom is 0.409 e. The van der Waals surface area contributed by atoms with Crippen molar-refractivity contribution in [3.8, 4) is 23.0 Å². The quantitative estimate of drug-likeness (QED) is 0.646. The molecule has 4 heterocycles. The van der Waals surface area contributed by atoms with E-state index in [4.69, 9.17) is 28.8 Å². The molecule has 4 aliphatic heterocycles. The van der Waals surface area contributed by atoms with E-state index in [2.05, 4.69) is 11.1 Å². The summed E-state index contributed by atoms with van der Waals surface area (Å²) in [6.07, 6.45) is 1.67. The van der Waals surface area contributed by atoms with Gasteiger partial charge in [-0.3, -0.25) is 0 Å². The molecule has 2 aromatic carbocycles. The first kappa shape index (κ1) is 21.9. The monoisotopic (exact) mass is 479 g/mol. The molecule has 1 saturated heterocycles. The van der Waals surface area contributed by atoms with Crippen LogP contribution in [0, 0.1) is 0 Å². The smallest absolute Gasteiger partial charge is 0.409 e. The van der Waals surface area contributed by atoms with Gasteiger partial charge >= 0.3 is 6.09 Å². The van der Waals surface area contributed by atoms with E-state index in [1.165, 1.54) is 0 Å². The van der Waals surface area contributed by atoms with Gasteiger partial charge in [-0.25, -0.2) is 9.80 Å². The van der Waals surface area contributed by atoms with Crippen LogP contribution in [0.1, 0.15) is 50.3 Å². The van der Waals surface area contributed by atoms with Crippen molar-refractivity contribution >= 4 is 11.8 Å². The summed E-state index contributed by atoms with van der Waals surface area (Å²) < 4.78 is 29.0. The van der Waals surface area contributed by atoms with Crippen molar-refractivity contribution in [2.75, 3.05) is 33.1 Å². The molecule has 9 heteroatoms. The Morgan fingerprint density at radius 1 is 1.11 bits per heavy atom. The highest BCUT2D eigenvalue weighted by molar-refractivity contribution is 6.02. The summed E-state index contributed by atoms with van der Waals surface area (Å²) >= 11 is 0. The summed E-state index contributed by atoms with van der Waals surface area (Å²) in [6, 6.07) is 12.0. The van der Waals surface area contributed by atoms with Crippen LogP contribution < -0.4 is 18.9 Å². The molecule has 2 aromatic rings. The molecule has 184 valence electrons. The van der Waals surface area contributed by atoms with Gasteiger partial charge in [-0.2, -0.15) is 5.10 Å². The molecule has 0 aromatic heterocycles. The summed E-state index contributed by atoms with van der Waals surface area (Å²) in [5.74, 6) is 3.02. The molecular weight excluding hydrogens is 450 g/mol. The molecule has 0 N–H and O–H groups in total. The number of nitrogens with zero attached hydrogens (tertiary/aromatic N) is 3. The Balaban J connectivity index is 1.37. The van der Waals surface area contributed by atoms with Gasteiger partial charge in [-0.15, -0.1) is 0 Å². The summed E-state index contributed by atoms with van der Waals surface area (Å²) in [5, 5.41) is 7.24. The predicted octanol–water partition coefficient (Wildman–Crippen LogP) is 4.31. The minimum Gasteiger partial charge on any atom is -0.490 e. The zero-order valence-corrected chi connectivity index (χ0v) is 20.0. The largest absolute Gasteiger partial charge is 0.490 e. The van der Waals surface area contributed by atoms with E-state index < -0.39 is 5.72 Å². The Bertz CT molecular complexity index is 1170. The number of likely N-dealkylation sites (tertiary alicyclic amines) is 1. The van der Waals surface area contributed by atoms with Gasteiger partial charge in [0.1, 0.15) is 0 Å². The molecule has 1 atom stereocenters. The average molecular weight is 480 g/mol. The number of amides is 1. The van der Waals surface area contributed by atoms with Crippen LogP contribution >= 0.6 is 0 Å².